The number of nitrogens with one attached hydrogen (secondary N) is 1. The number of benzene rings is 2. The lowest BCUT2D eigenvalue weighted by molar-refractivity contribution is -0.208. The Hall–Kier alpha value is -4.02. The molecule has 63 heavy (non-hydrogen) atoms. The number of thioether (sulfide) groups is 1. The number of likely N-dealkylation sites (tertiary alicyclic amines) is 1. The average Bonchev–Trinajstić information content (AvgIpc) is 3.69. The first-order chi connectivity index (χ1) is 30.1. The van der Waals surface area contributed by atoms with E-state index in [2.05, 4.69) is 24.3 Å². The summed E-state index contributed by atoms with van der Waals surface area (Å²) in [5, 5.41) is 28.6. The van der Waals surface area contributed by atoms with Gasteiger partial charge in [-0.3, -0.25) is 28.9 Å². The summed E-state index contributed by atoms with van der Waals surface area (Å²) in [7, 11) is 0. The summed E-state index contributed by atoms with van der Waals surface area (Å²) in [5.74, 6) is -2.38. The van der Waals surface area contributed by atoms with Gasteiger partial charge in [-0.25, -0.2) is 4.39 Å². The van der Waals surface area contributed by atoms with Gasteiger partial charge in [-0.2, -0.15) is 0 Å². The molecular formula is C48H58FN3O9S2. The number of aliphatic hydroxyl groups excluding tert-OH is 2. The lowest BCUT2D eigenvalue weighted by atomic mass is 9.46. The number of ketones is 2. The van der Waals surface area contributed by atoms with Gasteiger partial charge < -0.3 is 20.3 Å². The van der Waals surface area contributed by atoms with Gasteiger partial charge in [0.1, 0.15) is 18.4 Å². The van der Waals surface area contributed by atoms with E-state index in [0.717, 1.165) is 16.2 Å². The number of aliphatic hydroxyl groups is 2. The van der Waals surface area contributed by atoms with Crippen LogP contribution in [0.2, 0.25) is 0 Å². The third-order valence-corrected chi connectivity index (χ3v) is 17.0. The predicted octanol–water partition coefficient (Wildman–Crippen LogP) is 8.30. The fourth-order valence-corrected chi connectivity index (χ4v) is 13.5. The van der Waals surface area contributed by atoms with Crippen LogP contribution < -0.4 is 5.32 Å². The molecule has 1 aliphatic heterocycles. The summed E-state index contributed by atoms with van der Waals surface area (Å²) in [6.07, 6.45) is 4.77. The standard InChI is InChI=1S/C48H58FN3O9S2/c1-5-28(2)62-39-25-42(58)52(45(39)59)20-8-6-7-15-41(57)50-30-12-10-14-33(22-30)63-32-13-9-11-29(21-32)44(51-60)61-48(40(56)27-53)19-17-35-34-24-37(49)36-23-31(54)16-18-46(36,3)43(34)38(55)26-47(35,48)4/h9-14,16,18,21-23,28,34-35,37-39,43-44,53,55H,5-8,15,17,19-20,24-27H2,1-4H3,(H,50,57)/t28?,34-,35?,37-,38-,39?,43?,44+,46-,47-,48-/m0/s1. The van der Waals surface area contributed by atoms with Gasteiger partial charge in [0, 0.05) is 62.4 Å². The predicted molar refractivity (Wildman–Crippen MR) is 239 cm³/mol. The van der Waals surface area contributed by atoms with Crippen molar-refractivity contribution >= 4 is 58.5 Å². The van der Waals surface area contributed by atoms with Crippen molar-refractivity contribution in [2.24, 2.45) is 33.8 Å². The minimum absolute atomic E-state index is 0.0686. The highest BCUT2D eigenvalue weighted by atomic mass is 32.2. The number of allylic oxidation sites excluding steroid dienone is 4. The van der Waals surface area contributed by atoms with Gasteiger partial charge in [0.05, 0.1) is 11.4 Å². The Morgan fingerprint density at radius 3 is 2.56 bits per heavy atom. The molecule has 3 amide bonds. The molecular weight excluding hydrogens is 846 g/mol. The van der Waals surface area contributed by atoms with Gasteiger partial charge in [-0.05, 0) is 110 Å². The molecule has 1 heterocycles. The second-order valence-electron chi connectivity index (χ2n) is 18.3. The molecule has 1 saturated heterocycles. The van der Waals surface area contributed by atoms with Crippen molar-refractivity contribution in [3.8, 4) is 0 Å². The topological polar surface area (TPSA) is 180 Å². The van der Waals surface area contributed by atoms with Gasteiger partial charge >= 0.3 is 0 Å². The highest BCUT2D eigenvalue weighted by molar-refractivity contribution is 8.01. The van der Waals surface area contributed by atoms with Gasteiger partial charge in [0.2, 0.25) is 23.9 Å². The quantitative estimate of drug-likeness (QED) is 0.0744. The number of alkyl halides is 1. The van der Waals surface area contributed by atoms with Crippen LogP contribution in [0.3, 0.4) is 0 Å². The molecule has 11 atom stereocenters. The molecule has 0 radical (unpaired) electrons. The number of imide groups is 1. The Morgan fingerprint density at radius 2 is 1.83 bits per heavy atom. The number of ether oxygens (including phenoxy) is 1. The summed E-state index contributed by atoms with van der Waals surface area (Å²) in [4.78, 5) is 79.9. The van der Waals surface area contributed by atoms with Gasteiger partial charge in [-0.15, -0.1) is 16.7 Å². The molecule has 0 bridgehead atoms. The van der Waals surface area contributed by atoms with Crippen LogP contribution in [0.5, 0.6) is 0 Å². The van der Waals surface area contributed by atoms with E-state index in [1.807, 2.05) is 38.1 Å². The number of hydrogen-bond donors (Lipinski definition) is 3. The molecule has 3 saturated carbocycles. The van der Waals surface area contributed by atoms with Crippen LogP contribution in [0, 0.1) is 33.5 Å². The molecule has 3 N–H and O–H groups in total. The van der Waals surface area contributed by atoms with Crippen molar-refractivity contribution in [3.63, 3.8) is 0 Å². The maximum absolute atomic E-state index is 16.0. The average molecular weight is 904 g/mol. The Kier molecular flexibility index (Phi) is 14.3. The number of nitrogens with zero attached hydrogens (tertiary/aromatic N) is 2. The van der Waals surface area contributed by atoms with E-state index >= 15 is 4.39 Å². The van der Waals surface area contributed by atoms with Gasteiger partial charge in [0.15, 0.2) is 11.6 Å². The molecule has 2 aromatic rings. The second-order valence-corrected chi connectivity index (χ2v) is 21.1. The fourth-order valence-electron chi connectivity index (χ4n) is 11.3. The van der Waals surface area contributed by atoms with Crippen LogP contribution in [0.15, 0.2) is 87.3 Å². The minimum Gasteiger partial charge on any atom is -0.393 e. The summed E-state index contributed by atoms with van der Waals surface area (Å²) < 4.78 is 22.6. The normalized spacial score (nSPS) is 32.1. The Bertz CT molecular complexity index is 2190. The molecule has 4 unspecified atom stereocenters. The molecule has 0 spiro atoms. The van der Waals surface area contributed by atoms with E-state index in [1.165, 1.54) is 28.8 Å². The summed E-state index contributed by atoms with van der Waals surface area (Å²) in [5.41, 5.74) is -2.31. The number of carbonyl (C=O) groups excluding carboxylic acids is 5. The van der Waals surface area contributed by atoms with E-state index in [0.29, 0.717) is 54.3 Å². The first-order valence-corrected chi connectivity index (χ1v) is 23.9. The van der Waals surface area contributed by atoms with E-state index in [9.17, 15) is 39.1 Å². The third-order valence-electron chi connectivity index (χ3n) is 14.6. The zero-order valence-electron chi connectivity index (χ0n) is 36.3. The summed E-state index contributed by atoms with van der Waals surface area (Å²) in [6, 6.07) is 14.3. The highest BCUT2D eigenvalue weighted by Crippen LogP contribution is 2.68. The third kappa shape index (κ3) is 9.14. The number of halogens is 1. The summed E-state index contributed by atoms with van der Waals surface area (Å²) >= 11 is 2.95. The first-order valence-electron chi connectivity index (χ1n) is 22.2. The lowest BCUT2D eigenvalue weighted by Gasteiger charge is -2.60. The maximum atomic E-state index is 16.0. The van der Waals surface area contributed by atoms with Crippen LogP contribution >= 0.6 is 23.5 Å². The van der Waals surface area contributed by atoms with E-state index in [4.69, 9.17) is 4.74 Å². The molecule has 2 aromatic carbocycles. The monoisotopic (exact) mass is 903 g/mol. The largest absolute Gasteiger partial charge is 0.393 e. The molecule has 7 rings (SSSR count). The van der Waals surface area contributed by atoms with Gasteiger partial charge in [-0.1, -0.05) is 70.2 Å². The number of carbonyl (C=O) groups is 5. The number of unbranched alkanes of at least 4 members (excludes halogenated alkanes) is 2. The van der Waals surface area contributed by atoms with E-state index in [-0.39, 0.29) is 72.7 Å². The van der Waals surface area contributed by atoms with Crippen molar-refractivity contribution in [2.45, 2.75) is 136 Å². The maximum Gasteiger partial charge on any atom is 0.242 e. The highest BCUT2D eigenvalue weighted by Gasteiger charge is 2.70. The Labute approximate surface area is 376 Å². The molecule has 0 aromatic heterocycles. The van der Waals surface area contributed by atoms with E-state index in [1.54, 1.807) is 42.1 Å². The van der Waals surface area contributed by atoms with Crippen LogP contribution in [-0.2, 0) is 28.7 Å². The van der Waals surface area contributed by atoms with Gasteiger partial charge in [0.25, 0.3) is 0 Å². The second kappa shape index (κ2) is 19.2. The zero-order valence-corrected chi connectivity index (χ0v) is 37.9. The Morgan fingerprint density at radius 1 is 1.08 bits per heavy atom. The van der Waals surface area contributed by atoms with Crippen LogP contribution in [0.4, 0.5) is 10.1 Å². The number of nitroso groups, excluding NO2 is 1. The summed E-state index contributed by atoms with van der Waals surface area (Å²) in [6.45, 7) is 7.33. The molecule has 12 nitrogen and oxygen atoms in total. The van der Waals surface area contributed by atoms with Crippen LogP contribution in [0.1, 0.15) is 104 Å². The molecule has 4 aliphatic carbocycles. The van der Waals surface area contributed by atoms with Crippen molar-refractivity contribution in [1.82, 2.24) is 4.90 Å². The number of anilines is 1. The van der Waals surface area contributed by atoms with Crippen molar-refractivity contribution in [1.29, 1.82) is 0 Å². The van der Waals surface area contributed by atoms with Crippen molar-refractivity contribution in [2.75, 3.05) is 18.5 Å². The number of hydrogen-bond acceptors (Lipinski definition) is 12. The lowest BCUT2D eigenvalue weighted by Crippen LogP contribution is -2.63. The SMILES string of the molecule is CCC(C)SC1CC(=O)N(CCCCCC(=O)Nc2cccc(Sc3cccc([C@H](N=O)O[C@]4(C(=O)CO)CCC5[C@@H]6C[C@H](F)C7=CC(=O)C=C[C@]7(C)C6[C@@H](O)C[C@@]54C)c3)c2)C1=O. The van der Waals surface area contributed by atoms with Crippen molar-refractivity contribution in [3.05, 3.63) is 82.8 Å². The number of fused-ring (bicyclic) bond motifs is 5. The molecule has 338 valence electrons. The minimum atomic E-state index is -1.70. The zero-order chi connectivity index (χ0) is 45.3. The number of rotatable bonds is 18. The number of Topliss-reactive ketones (excluding diaryl/α,β-unsaturated/α-hetero) is 1. The first kappa shape index (κ1) is 47.0. The van der Waals surface area contributed by atoms with E-state index < -0.39 is 53.2 Å². The fraction of sp³-hybridized carbons (Fsp3) is 0.562. The van der Waals surface area contributed by atoms with Crippen LogP contribution in [0.25, 0.3) is 0 Å². The number of amides is 3. The smallest absolute Gasteiger partial charge is 0.242 e. The molecule has 4 fully saturated rings. The molecule has 15 heteroatoms. The van der Waals surface area contributed by atoms with Crippen LogP contribution in [-0.4, -0.2) is 85.9 Å². The molecule has 5 aliphatic rings. The van der Waals surface area contributed by atoms with Crippen molar-refractivity contribution < 1.29 is 43.3 Å². The Balaban J connectivity index is 0.977.